The lowest BCUT2D eigenvalue weighted by Gasteiger charge is -2.12. The van der Waals surface area contributed by atoms with Crippen molar-refractivity contribution in [1.29, 1.82) is 0 Å². The van der Waals surface area contributed by atoms with Crippen LogP contribution in [0.3, 0.4) is 0 Å². The molecule has 0 radical (unpaired) electrons. The lowest BCUT2D eigenvalue weighted by Crippen LogP contribution is -2.25. The first-order valence-electron chi connectivity index (χ1n) is 9.22. The fraction of sp³-hybridized carbons (Fsp3) is 0.286. The van der Waals surface area contributed by atoms with Crippen LogP contribution in [0, 0.1) is 6.92 Å². The summed E-state index contributed by atoms with van der Waals surface area (Å²) in [6.45, 7) is 3.97. The van der Waals surface area contributed by atoms with Gasteiger partial charge in [0, 0.05) is 18.5 Å². The fourth-order valence-corrected chi connectivity index (χ4v) is 2.80. The van der Waals surface area contributed by atoms with Crippen LogP contribution in [0.25, 0.3) is 11.1 Å². The van der Waals surface area contributed by atoms with Crippen LogP contribution in [0.15, 0.2) is 40.8 Å². The average molecular weight is 398 g/mol. The fourth-order valence-electron chi connectivity index (χ4n) is 2.80. The minimum atomic E-state index is -1.09. The number of carbonyl (C=O) groups is 2. The molecule has 8 heteroatoms. The van der Waals surface area contributed by atoms with Crippen LogP contribution in [-0.2, 0) is 11.2 Å². The number of aryl methyl sites for hydroxylation is 1. The quantitative estimate of drug-likeness (QED) is 0.570. The minimum absolute atomic E-state index is 0.271. The number of ether oxygens (including phenoxy) is 2. The van der Waals surface area contributed by atoms with Crippen molar-refractivity contribution < 1.29 is 28.6 Å². The van der Waals surface area contributed by atoms with E-state index >= 15 is 0 Å². The number of rotatable bonds is 9. The van der Waals surface area contributed by atoms with Crippen LogP contribution in [0.2, 0.25) is 0 Å². The number of carboxylic acids is 1. The van der Waals surface area contributed by atoms with Gasteiger partial charge in [-0.1, -0.05) is 12.1 Å². The van der Waals surface area contributed by atoms with Crippen molar-refractivity contribution in [1.82, 2.24) is 10.3 Å². The SMILES string of the molecule is CCOc1cc(C(=O)NCCc2nc3c(C)cccc3o2)ccc1OCC(=O)O. The first kappa shape index (κ1) is 20.2. The molecule has 0 saturated heterocycles. The summed E-state index contributed by atoms with van der Waals surface area (Å²) >= 11 is 0. The first-order chi connectivity index (χ1) is 14.0. The zero-order chi connectivity index (χ0) is 20.8. The van der Waals surface area contributed by atoms with Gasteiger partial charge in [0.1, 0.15) is 5.52 Å². The molecule has 2 aromatic carbocycles. The maximum atomic E-state index is 12.4. The Morgan fingerprint density at radius 2 is 2.00 bits per heavy atom. The number of carboxylic acid groups (broad SMARTS) is 1. The van der Waals surface area contributed by atoms with E-state index in [0.29, 0.717) is 36.8 Å². The highest BCUT2D eigenvalue weighted by molar-refractivity contribution is 5.94. The Balaban J connectivity index is 1.62. The van der Waals surface area contributed by atoms with Gasteiger partial charge in [0.2, 0.25) is 0 Å². The van der Waals surface area contributed by atoms with Crippen LogP contribution in [-0.4, -0.2) is 41.7 Å². The minimum Gasteiger partial charge on any atom is -0.490 e. The molecular weight excluding hydrogens is 376 g/mol. The molecule has 0 spiro atoms. The molecule has 0 aliphatic rings. The van der Waals surface area contributed by atoms with Crippen molar-refractivity contribution in [3.05, 3.63) is 53.4 Å². The summed E-state index contributed by atoms with van der Waals surface area (Å²) in [7, 11) is 0. The number of hydrogen-bond acceptors (Lipinski definition) is 6. The Morgan fingerprint density at radius 3 is 2.72 bits per heavy atom. The number of nitrogens with zero attached hydrogens (tertiary/aromatic N) is 1. The van der Waals surface area contributed by atoms with Crippen molar-refractivity contribution in [3.8, 4) is 11.5 Å². The number of amides is 1. The lowest BCUT2D eigenvalue weighted by atomic mass is 10.2. The number of fused-ring (bicyclic) bond motifs is 1. The molecule has 0 aliphatic heterocycles. The third kappa shape index (κ3) is 5.04. The summed E-state index contributed by atoms with van der Waals surface area (Å²) in [5.41, 5.74) is 2.97. The van der Waals surface area contributed by atoms with Crippen molar-refractivity contribution >= 4 is 23.0 Å². The highest BCUT2D eigenvalue weighted by atomic mass is 16.5. The van der Waals surface area contributed by atoms with E-state index in [9.17, 15) is 9.59 Å². The molecule has 152 valence electrons. The summed E-state index contributed by atoms with van der Waals surface area (Å²) in [6.07, 6.45) is 0.456. The van der Waals surface area contributed by atoms with Crippen molar-refractivity contribution in [2.75, 3.05) is 19.8 Å². The predicted octanol–water partition coefficient (Wildman–Crippen LogP) is 2.97. The Hall–Kier alpha value is -3.55. The molecule has 0 saturated carbocycles. The zero-order valence-electron chi connectivity index (χ0n) is 16.2. The van der Waals surface area contributed by atoms with Gasteiger partial charge in [-0.05, 0) is 43.7 Å². The monoisotopic (exact) mass is 398 g/mol. The van der Waals surface area contributed by atoms with E-state index in [-0.39, 0.29) is 11.7 Å². The van der Waals surface area contributed by atoms with E-state index in [4.69, 9.17) is 19.0 Å². The molecule has 0 atom stereocenters. The average Bonchev–Trinajstić information content (AvgIpc) is 3.11. The van der Waals surface area contributed by atoms with E-state index in [1.807, 2.05) is 25.1 Å². The Labute approximate surface area is 167 Å². The molecule has 3 rings (SSSR count). The zero-order valence-corrected chi connectivity index (χ0v) is 16.2. The summed E-state index contributed by atoms with van der Waals surface area (Å²) < 4.78 is 16.3. The van der Waals surface area contributed by atoms with Crippen LogP contribution in [0.4, 0.5) is 0 Å². The number of para-hydroxylation sites is 1. The number of nitrogens with one attached hydrogen (secondary N) is 1. The second-order valence-corrected chi connectivity index (χ2v) is 6.31. The summed E-state index contributed by atoms with van der Waals surface area (Å²) in [6, 6.07) is 10.3. The van der Waals surface area contributed by atoms with E-state index in [1.165, 1.54) is 12.1 Å². The molecular formula is C21H22N2O6. The molecule has 0 bridgehead atoms. The topological polar surface area (TPSA) is 111 Å². The third-order valence-corrected chi connectivity index (χ3v) is 4.15. The predicted molar refractivity (Wildman–Crippen MR) is 106 cm³/mol. The molecule has 1 heterocycles. The van der Waals surface area contributed by atoms with Gasteiger partial charge in [-0.3, -0.25) is 4.79 Å². The highest BCUT2D eigenvalue weighted by Gasteiger charge is 2.13. The van der Waals surface area contributed by atoms with Gasteiger partial charge in [0.05, 0.1) is 6.61 Å². The molecule has 0 unspecified atom stereocenters. The highest BCUT2D eigenvalue weighted by Crippen LogP contribution is 2.28. The number of oxazole rings is 1. The van der Waals surface area contributed by atoms with Crippen molar-refractivity contribution in [2.45, 2.75) is 20.3 Å². The smallest absolute Gasteiger partial charge is 0.341 e. The van der Waals surface area contributed by atoms with E-state index < -0.39 is 12.6 Å². The molecule has 1 amide bonds. The molecule has 8 nitrogen and oxygen atoms in total. The standard InChI is InChI=1S/C21H22N2O6/c1-3-27-17-11-14(7-8-15(17)28-12-19(24)25)21(26)22-10-9-18-23-20-13(2)5-4-6-16(20)29-18/h4-8,11H,3,9-10,12H2,1-2H3,(H,22,26)(H,24,25). The molecule has 1 aromatic heterocycles. The summed E-state index contributed by atoms with van der Waals surface area (Å²) in [5, 5.41) is 11.6. The van der Waals surface area contributed by atoms with Crippen LogP contribution >= 0.6 is 0 Å². The normalized spacial score (nSPS) is 10.7. The van der Waals surface area contributed by atoms with Crippen molar-refractivity contribution in [2.24, 2.45) is 0 Å². The second kappa shape index (κ2) is 9.09. The number of hydrogen-bond donors (Lipinski definition) is 2. The van der Waals surface area contributed by atoms with Gasteiger partial charge in [-0.15, -0.1) is 0 Å². The second-order valence-electron chi connectivity index (χ2n) is 6.31. The Bertz CT molecular complexity index is 1030. The maximum absolute atomic E-state index is 12.4. The van der Waals surface area contributed by atoms with Crippen LogP contribution in [0.1, 0.15) is 28.7 Å². The number of aliphatic carboxylic acids is 1. The molecule has 29 heavy (non-hydrogen) atoms. The largest absolute Gasteiger partial charge is 0.490 e. The molecule has 0 aliphatic carbocycles. The Kier molecular flexibility index (Phi) is 6.33. The summed E-state index contributed by atoms with van der Waals surface area (Å²) in [4.78, 5) is 27.6. The van der Waals surface area contributed by atoms with Gasteiger partial charge in [-0.2, -0.15) is 0 Å². The number of benzene rings is 2. The van der Waals surface area contributed by atoms with Gasteiger partial charge in [0.15, 0.2) is 29.6 Å². The molecule has 0 fully saturated rings. The first-order valence-corrected chi connectivity index (χ1v) is 9.22. The van der Waals surface area contributed by atoms with Gasteiger partial charge < -0.3 is 24.3 Å². The Morgan fingerprint density at radius 1 is 1.17 bits per heavy atom. The molecule has 3 aromatic rings. The number of aromatic nitrogens is 1. The third-order valence-electron chi connectivity index (χ3n) is 4.15. The summed E-state index contributed by atoms with van der Waals surface area (Å²) in [5.74, 6) is -0.239. The molecule has 2 N–H and O–H groups in total. The van der Waals surface area contributed by atoms with Gasteiger partial charge in [0.25, 0.3) is 5.91 Å². The van der Waals surface area contributed by atoms with E-state index in [2.05, 4.69) is 10.3 Å². The van der Waals surface area contributed by atoms with Crippen LogP contribution < -0.4 is 14.8 Å². The van der Waals surface area contributed by atoms with Gasteiger partial charge in [-0.25, -0.2) is 9.78 Å². The number of carbonyl (C=O) groups excluding carboxylic acids is 1. The van der Waals surface area contributed by atoms with Crippen molar-refractivity contribution in [3.63, 3.8) is 0 Å². The maximum Gasteiger partial charge on any atom is 0.341 e. The van der Waals surface area contributed by atoms with E-state index in [0.717, 1.165) is 16.7 Å². The van der Waals surface area contributed by atoms with E-state index in [1.54, 1.807) is 13.0 Å². The van der Waals surface area contributed by atoms with Crippen LogP contribution in [0.5, 0.6) is 11.5 Å². The lowest BCUT2D eigenvalue weighted by molar-refractivity contribution is -0.139. The van der Waals surface area contributed by atoms with Gasteiger partial charge >= 0.3 is 5.97 Å².